The molecule has 0 fully saturated rings. The van der Waals surface area contributed by atoms with E-state index >= 15 is 0 Å². The Hall–Kier alpha value is -2.57. The van der Waals surface area contributed by atoms with E-state index in [4.69, 9.17) is 4.74 Å². The van der Waals surface area contributed by atoms with Crippen LogP contribution in [0.25, 0.3) is 0 Å². The minimum absolute atomic E-state index is 0.0309. The monoisotopic (exact) mass is 344 g/mol. The van der Waals surface area contributed by atoms with Crippen LogP contribution in [0.5, 0.6) is 5.75 Å². The number of hydrogen-bond acceptors (Lipinski definition) is 4. The van der Waals surface area contributed by atoms with Gasteiger partial charge in [-0.1, -0.05) is 18.2 Å². The Labute approximate surface area is 146 Å². The summed E-state index contributed by atoms with van der Waals surface area (Å²) in [6.45, 7) is 0.597. The highest BCUT2D eigenvalue weighted by Crippen LogP contribution is 2.19. The number of benzene rings is 1. The van der Waals surface area contributed by atoms with E-state index in [2.05, 4.69) is 10.4 Å². The predicted molar refractivity (Wildman–Crippen MR) is 93.7 cm³/mol. The molecule has 0 radical (unpaired) electrons. The van der Waals surface area contributed by atoms with Crippen molar-refractivity contribution < 1.29 is 9.53 Å². The Morgan fingerprint density at radius 3 is 2.96 bits per heavy atom. The van der Waals surface area contributed by atoms with Crippen molar-refractivity contribution in [2.45, 2.75) is 44.7 Å². The maximum Gasteiger partial charge on any atom is 0.345 e. The van der Waals surface area contributed by atoms with Gasteiger partial charge < -0.3 is 10.1 Å². The number of fused-ring (bicyclic) bond motifs is 1. The highest BCUT2D eigenvalue weighted by Gasteiger charge is 2.21. The maximum atomic E-state index is 12.3. The molecule has 1 atom stereocenters. The SMILES string of the molecule is COc1ccccc1CCC(=O)NC1CCc2nn(C)c(=O)n2CC1. The number of aryl methyl sites for hydroxylation is 3. The van der Waals surface area contributed by atoms with Gasteiger partial charge in [0.1, 0.15) is 11.6 Å². The number of methoxy groups -OCH3 is 1. The van der Waals surface area contributed by atoms with Crippen LogP contribution in [-0.2, 0) is 31.2 Å². The van der Waals surface area contributed by atoms with Crippen molar-refractivity contribution in [1.82, 2.24) is 19.7 Å². The summed E-state index contributed by atoms with van der Waals surface area (Å²) < 4.78 is 8.40. The van der Waals surface area contributed by atoms with Crippen molar-refractivity contribution in [2.24, 2.45) is 7.05 Å². The third-order valence-electron chi connectivity index (χ3n) is 4.68. The first-order valence-electron chi connectivity index (χ1n) is 8.62. The summed E-state index contributed by atoms with van der Waals surface area (Å²) in [5.74, 6) is 1.65. The molecule has 1 aromatic heterocycles. The Bertz CT molecular complexity index is 809. The summed E-state index contributed by atoms with van der Waals surface area (Å²) in [6.07, 6.45) is 3.32. The molecule has 0 bridgehead atoms. The number of carbonyl (C=O) groups is 1. The van der Waals surface area contributed by atoms with Crippen LogP contribution in [0.15, 0.2) is 29.1 Å². The molecule has 0 spiro atoms. The molecule has 1 amide bonds. The van der Waals surface area contributed by atoms with Crippen molar-refractivity contribution in [1.29, 1.82) is 0 Å². The Balaban J connectivity index is 1.53. The number of carbonyl (C=O) groups excluding carboxylic acids is 1. The average Bonchev–Trinajstić information content (AvgIpc) is 2.77. The zero-order valence-electron chi connectivity index (χ0n) is 14.7. The van der Waals surface area contributed by atoms with Gasteiger partial charge in [-0.05, 0) is 30.9 Å². The molecule has 2 heterocycles. The lowest BCUT2D eigenvalue weighted by Crippen LogP contribution is -2.35. The molecule has 7 heteroatoms. The number of rotatable bonds is 5. The van der Waals surface area contributed by atoms with Crippen LogP contribution in [0, 0.1) is 0 Å². The summed E-state index contributed by atoms with van der Waals surface area (Å²) in [4.78, 5) is 24.3. The van der Waals surface area contributed by atoms with Gasteiger partial charge in [0, 0.05) is 32.5 Å². The molecular weight excluding hydrogens is 320 g/mol. The molecule has 7 nitrogen and oxygen atoms in total. The van der Waals surface area contributed by atoms with Gasteiger partial charge in [0.25, 0.3) is 0 Å². The first kappa shape index (κ1) is 17.3. The van der Waals surface area contributed by atoms with Gasteiger partial charge in [-0.3, -0.25) is 9.36 Å². The normalized spacial score (nSPS) is 16.8. The molecule has 2 aromatic rings. The zero-order chi connectivity index (χ0) is 17.8. The summed E-state index contributed by atoms with van der Waals surface area (Å²) in [7, 11) is 3.30. The average molecular weight is 344 g/mol. The second-order valence-electron chi connectivity index (χ2n) is 6.38. The fourth-order valence-corrected chi connectivity index (χ4v) is 3.30. The molecule has 1 N–H and O–H groups in total. The first-order chi connectivity index (χ1) is 12.1. The first-order valence-corrected chi connectivity index (χ1v) is 8.62. The van der Waals surface area contributed by atoms with Gasteiger partial charge in [-0.25, -0.2) is 9.48 Å². The van der Waals surface area contributed by atoms with Crippen molar-refractivity contribution in [3.8, 4) is 5.75 Å². The van der Waals surface area contributed by atoms with Crippen molar-refractivity contribution in [2.75, 3.05) is 7.11 Å². The topological polar surface area (TPSA) is 78.2 Å². The molecule has 3 rings (SSSR count). The Morgan fingerprint density at radius 1 is 1.36 bits per heavy atom. The predicted octanol–water partition coefficient (Wildman–Crippen LogP) is 1.04. The standard InChI is InChI=1S/C18H24N4O3/c1-21-18(24)22-12-11-14(8-9-16(22)20-21)19-17(23)10-7-13-5-3-4-6-15(13)25-2/h3-6,14H,7-12H2,1-2H3,(H,19,23). The Kier molecular flexibility index (Phi) is 5.21. The van der Waals surface area contributed by atoms with Gasteiger partial charge >= 0.3 is 5.69 Å². The molecule has 1 aliphatic heterocycles. The van der Waals surface area contributed by atoms with E-state index in [1.807, 2.05) is 24.3 Å². The van der Waals surface area contributed by atoms with E-state index in [9.17, 15) is 9.59 Å². The third kappa shape index (κ3) is 3.92. The van der Waals surface area contributed by atoms with E-state index in [-0.39, 0.29) is 17.6 Å². The second kappa shape index (κ2) is 7.55. The highest BCUT2D eigenvalue weighted by molar-refractivity contribution is 5.76. The number of nitrogens with zero attached hydrogens (tertiary/aromatic N) is 3. The van der Waals surface area contributed by atoms with E-state index in [1.165, 1.54) is 4.68 Å². The van der Waals surface area contributed by atoms with Crippen molar-refractivity contribution >= 4 is 5.91 Å². The lowest BCUT2D eigenvalue weighted by molar-refractivity contribution is -0.121. The van der Waals surface area contributed by atoms with Gasteiger partial charge in [0.2, 0.25) is 5.91 Å². The minimum atomic E-state index is -0.0850. The molecule has 0 saturated carbocycles. The van der Waals surface area contributed by atoms with E-state index in [0.29, 0.717) is 25.8 Å². The fourth-order valence-electron chi connectivity index (χ4n) is 3.30. The quantitative estimate of drug-likeness (QED) is 0.879. The largest absolute Gasteiger partial charge is 0.496 e. The van der Waals surface area contributed by atoms with Crippen molar-refractivity contribution in [3.63, 3.8) is 0 Å². The van der Waals surface area contributed by atoms with Gasteiger partial charge in [0.15, 0.2) is 0 Å². The number of ether oxygens (including phenoxy) is 1. The zero-order valence-corrected chi connectivity index (χ0v) is 14.7. The molecule has 25 heavy (non-hydrogen) atoms. The number of para-hydroxylation sites is 1. The molecule has 1 aromatic carbocycles. The molecule has 0 aliphatic carbocycles. The van der Waals surface area contributed by atoms with Gasteiger partial charge in [-0.2, -0.15) is 5.10 Å². The number of amides is 1. The van der Waals surface area contributed by atoms with Crippen LogP contribution in [0.2, 0.25) is 0 Å². The lowest BCUT2D eigenvalue weighted by Gasteiger charge is -2.16. The maximum absolute atomic E-state index is 12.3. The number of hydrogen-bond donors (Lipinski definition) is 1. The molecule has 1 unspecified atom stereocenters. The van der Waals surface area contributed by atoms with Gasteiger partial charge in [0.05, 0.1) is 7.11 Å². The number of nitrogens with one attached hydrogen (secondary N) is 1. The summed E-state index contributed by atoms with van der Waals surface area (Å²) in [6, 6.07) is 7.83. The summed E-state index contributed by atoms with van der Waals surface area (Å²) in [5, 5.41) is 7.36. The van der Waals surface area contributed by atoms with Crippen molar-refractivity contribution in [3.05, 3.63) is 46.1 Å². The molecule has 134 valence electrons. The van der Waals surface area contributed by atoms with Crippen LogP contribution in [0.4, 0.5) is 0 Å². The molecule has 1 aliphatic rings. The van der Waals surface area contributed by atoms with E-state index < -0.39 is 0 Å². The third-order valence-corrected chi connectivity index (χ3v) is 4.68. The molecular formula is C18H24N4O3. The summed E-state index contributed by atoms with van der Waals surface area (Å²) in [5.41, 5.74) is 0.947. The smallest absolute Gasteiger partial charge is 0.345 e. The second-order valence-corrected chi connectivity index (χ2v) is 6.38. The fraction of sp³-hybridized carbons (Fsp3) is 0.500. The molecule has 0 saturated heterocycles. The van der Waals surface area contributed by atoms with Crippen LogP contribution in [-0.4, -0.2) is 33.4 Å². The van der Waals surface area contributed by atoms with Crippen LogP contribution < -0.4 is 15.7 Å². The van der Waals surface area contributed by atoms with Crippen LogP contribution in [0.1, 0.15) is 30.7 Å². The van der Waals surface area contributed by atoms with E-state index in [1.54, 1.807) is 18.7 Å². The highest BCUT2D eigenvalue weighted by atomic mass is 16.5. The Morgan fingerprint density at radius 2 is 2.16 bits per heavy atom. The van der Waals surface area contributed by atoms with Crippen LogP contribution in [0.3, 0.4) is 0 Å². The van der Waals surface area contributed by atoms with E-state index in [0.717, 1.165) is 30.0 Å². The lowest BCUT2D eigenvalue weighted by atomic mass is 10.1. The van der Waals surface area contributed by atoms with Crippen LogP contribution >= 0.6 is 0 Å². The summed E-state index contributed by atoms with van der Waals surface area (Å²) >= 11 is 0. The van der Waals surface area contributed by atoms with Gasteiger partial charge in [-0.15, -0.1) is 0 Å². The minimum Gasteiger partial charge on any atom is -0.496 e. The number of aromatic nitrogens is 3.